The normalized spacial score (nSPS) is 22.4. The summed E-state index contributed by atoms with van der Waals surface area (Å²) >= 11 is 0. The Morgan fingerprint density at radius 2 is 1.88 bits per heavy atom. The molecule has 3 aliphatic rings. The highest BCUT2D eigenvalue weighted by atomic mass is 16.2. The monoisotopic (exact) mass is 333 g/mol. The first-order valence-electron chi connectivity index (χ1n) is 8.58. The lowest BCUT2D eigenvalue weighted by Crippen LogP contribution is -2.47. The molecule has 0 saturated carbocycles. The Kier molecular flexibility index (Phi) is 4.06. The van der Waals surface area contributed by atoms with Crippen molar-refractivity contribution in [1.29, 1.82) is 5.26 Å². The second-order valence-electron chi connectivity index (χ2n) is 6.67. The average molecular weight is 333 g/mol. The van der Waals surface area contributed by atoms with Gasteiger partial charge in [-0.2, -0.15) is 5.26 Å². The van der Waals surface area contributed by atoms with Gasteiger partial charge in [-0.05, 0) is 37.0 Å². The minimum Gasteiger partial charge on any atom is -0.338 e. The van der Waals surface area contributed by atoms with E-state index in [1.54, 1.807) is 30.6 Å². The van der Waals surface area contributed by atoms with Crippen LogP contribution in [0.4, 0.5) is 5.95 Å². The maximum absolute atomic E-state index is 13.1. The minimum atomic E-state index is -0.0392. The Bertz CT molecular complexity index is 816. The number of nitrogens with zero attached hydrogens (tertiary/aromatic N) is 5. The van der Waals surface area contributed by atoms with Crippen molar-refractivity contribution in [2.24, 2.45) is 5.92 Å². The van der Waals surface area contributed by atoms with Crippen LogP contribution < -0.4 is 4.90 Å². The van der Waals surface area contributed by atoms with Gasteiger partial charge in [-0.3, -0.25) is 4.79 Å². The summed E-state index contributed by atoms with van der Waals surface area (Å²) in [5, 5.41) is 9.30. The fraction of sp³-hybridized carbons (Fsp3) is 0.368. The second-order valence-corrected chi connectivity index (χ2v) is 6.67. The lowest BCUT2D eigenvalue weighted by atomic mass is 9.94. The highest BCUT2D eigenvalue weighted by molar-refractivity contribution is 5.97. The number of rotatable bonds is 2. The third-order valence-corrected chi connectivity index (χ3v) is 5.09. The first-order valence-corrected chi connectivity index (χ1v) is 8.58. The SMILES string of the molecule is N#Cc1ccccc1C(=O)N1C[C@H]2CC[C@@H]1CN(c1ncccn1)C2. The van der Waals surface area contributed by atoms with E-state index in [0.29, 0.717) is 17.0 Å². The Morgan fingerprint density at radius 3 is 2.68 bits per heavy atom. The van der Waals surface area contributed by atoms with E-state index in [2.05, 4.69) is 20.9 Å². The zero-order chi connectivity index (χ0) is 17.2. The Hall–Kier alpha value is -2.94. The lowest BCUT2D eigenvalue weighted by Gasteiger charge is -2.36. The molecule has 1 aromatic carbocycles. The largest absolute Gasteiger partial charge is 0.338 e. The van der Waals surface area contributed by atoms with Crippen LogP contribution in [-0.2, 0) is 0 Å². The number of amides is 1. The summed E-state index contributed by atoms with van der Waals surface area (Å²) in [6.45, 7) is 2.33. The number of fused-ring (bicyclic) bond motifs is 4. The van der Waals surface area contributed by atoms with Gasteiger partial charge in [0.05, 0.1) is 17.2 Å². The van der Waals surface area contributed by atoms with Crippen molar-refractivity contribution in [3.63, 3.8) is 0 Å². The second kappa shape index (κ2) is 6.52. The van der Waals surface area contributed by atoms with Crippen molar-refractivity contribution in [1.82, 2.24) is 14.9 Å². The van der Waals surface area contributed by atoms with Crippen molar-refractivity contribution in [2.45, 2.75) is 18.9 Å². The number of anilines is 1. The van der Waals surface area contributed by atoms with E-state index in [1.807, 2.05) is 17.0 Å². The van der Waals surface area contributed by atoms with Crippen molar-refractivity contribution in [3.05, 3.63) is 53.9 Å². The van der Waals surface area contributed by atoms with Gasteiger partial charge < -0.3 is 9.80 Å². The van der Waals surface area contributed by atoms with E-state index < -0.39 is 0 Å². The zero-order valence-corrected chi connectivity index (χ0v) is 13.9. The summed E-state index contributed by atoms with van der Waals surface area (Å²) in [7, 11) is 0. The van der Waals surface area contributed by atoms with Crippen LogP contribution in [0.5, 0.6) is 0 Å². The smallest absolute Gasteiger partial charge is 0.255 e. The van der Waals surface area contributed by atoms with Gasteiger partial charge in [0.15, 0.2) is 0 Å². The van der Waals surface area contributed by atoms with Crippen molar-refractivity contribution < 1.29 is 4.79 Å². The van der Waals surface area contributed by atoms with Crippen molar-refractivity contribution in [3.8, 4) is 6.07 Å². The summed E-state index contributed by atoms with van der Waals surface area (Å²) < 4.78 is 0. The molecule has 1 amide bonds. The van der Waals surface area contributed by atoms with Crippen LogP contribution >= 0.6 is 0 Å². The van der Waals surface area contributed by atoms with Crippen LogP contribution in [-0.4, -0.2) is 46.5 Å². The lowest BCUT2D eigenvalue weighted by molar-refractivity contribution is 0.0591. The van der Waals surface area contributed by atoms with Gasteiger partial charge in [0.1, 0.15) is 0 Å². The molecular weight excluding hydrogens is 314 g/mol. The van der Waals surface area contributed by atoms with Gasteiger partial charge in [-0.15, -0.1) is 0 Å². The standard InChI is InChI=1S/C19H19N5O/c20-10-15-4-1-2-5-17(15)18(25)24-12-14-6-7-16(24)13-23(11-14)19-21-8-3-9-22-19/h1-5,8-9,14,16H,6-7,11-13H2/t14-,16+/m0/s1. The van der Waals surface area contributed by atoms with Crippen LogP contribution in [0.2, 0.25) is 0 Å². The third kappa shape index (κ3) is 2.93. The van der Waals surface area contributed by atoms with Gasteiger partial charge in [-0.25, -0.2) is 9.97 Å². The highest BCUT2D eigenvalue weighted by Crippen LogP contribution is 2.30. The number of aromatic nitrogens is 2. The third-order valence-electron chi connectivity index (χ3n) is 5.09. The van der Waals surface area contributed by atoms with Crippen LogP contribution in [0.3, 0.4) is 0 Å². The predicted octanol–water partition coefficient (Wildman–Crippen LogP) is 2.09. The summed E-state index contributed by atoms with van der Waals surface area (Å²) in [6, 6.07) is 11.1. The summed E-state index contributed by atoms with van der Waals surface area (Å²) in [5.74, 6) is 1.09. The number of hydrogen-bond donors (Lipinski definition) is 0. The number of hydrogen-bond acceptors (Lipinski definition) is 5. The van der Waals surface area contributed by atoms with Crippen LogP contribution in [0, 0.1) is 17.2 Å². The molecule has 6 nitrogen and oxygen atoms in total. The van der Waals surface area contributed by atoms with E-state index in [9.17, 15) is 10.1 Å². The predicted molar refractivity (Wildman–Crippen MR) is 93.0 cm³/mol. The molecule has 126 valence electrons. The van der Waals surface area contributed by atoms with Gasteiger partial charge in [0.2, 0.25) is 5.95 Å². The van der Waals surface area contributed by atoms with Crippen LogP contribution in [0.25, 0.3) is 0 Å². The van der Waals surface area contributed by atoms with Gasteiger partial charge in [0, 0.05) is 38.1 Å². The molecule has 5 rings (SSSR count). The first-order chi connectivity index (χ1) is 12.3. The van der Waals surface area contributed by atoms with Crippen LogP contribution in [0.1, 0.15) is 28.8 Å². The maximum atomic E-state index is 13.1. The Balaban J connectivity index is 1.61. The molecule has 0 unspecified atom stereocenters. The summed E-state index contributed by atoms with van der Waals surface area (Å²) in [6.07, 6.45) is 5.59. The fourth-order valence-corrected chi connectivity index (χ4v) is 3.87. The molecule has 1 aromatic heterocycles. The zero-order valence-electron chi connectivity index (χ0n) is 13.9. The fourth-order valence-electron chi connectivity index (χ4n) is 3.87. The average Bonchev–Trinajstić information content (AvgIpc) is 3.00. The van der Waals surface area contributed by atoms with Crippen molar-refractivity contribution >= 4 is 11.9 Å². The van der Waals surface area contributed by atoms with Gasteiger partial charge >= 0.3 is 0 Å². The molecule has 0 N–H and O–H groups in total. The molecule has 3 saturated heterocycles. The highest BCUT2D eigenvalue weighted by Gasteiger charge is 2.38. The molecule has 0 spiro atoms. The van der Waals surface area contributed by atoms with E-state index in [0.717, 1.165) is 38.4 Å². The number of piperidine rings is 1. The molecule has 0 radical (unpaired) electrons. The minimum absolute atomic E-state index is 0.0392. The first kappa shape index (κ1) is 15.6. The topological polar surface area (TPSA) is 73.1 Å². The molecule has 6 heteroatoms. The van der Waals surface area contributed by atoms with Gasteiger partial charge in [0.25, 0.3) is 5.91 Å². The molecular formula is C19H19N5O. The Labute approximate surface area is 146 Å². The summed E-state index contributed by atoms with van der Waals surface area (Å²) in [4.78, 5) is 26.0. The quantitative estimate of drug-likeness (QED) is 0.841. The molecule has 2 atom stereocenters. The molecule has 3 fully saturated rings. The number of nitriles is 1. The van der Waals surface area contributed by atoms with Gasteiger partial charge in [-0.1, -0.05) is 12.1 Å². The number of benzene rings is 1. The molecule has 25 heavy (non-hydrogen) atoms. The number of carbonyl (C=O) groups excluding carboxylic acids is 1. The van der Waals surface area contributed by atoms with Crippen LogP contribution in [0.15, 0.2) is 42.7 Å². The molecule has 2 bridgehead atoms. The van der Waals surface area contributed by atoms with E-state index in [4.69, 9.17) is 0 Å². The molecule has 4 heterocycles. The van der Waals surface area contributed by atoms with Crippen molar-refractivity contribution in [2.75, 3.05) is 24.5 Å². The van der Waals surface area contributed by atoms with E-state index in [1.165, 1.54) is 0 Å². The molecule has 3 aliphatic heterocycles. The number of carbonyl (C=O) groups is 1. The maximum Gasteiger partial charge on any atom is 0.255 e. The van der Waals surface area contributed by atoms with E-state index >= 15 is 0 Å². The van der Waals surface area contributed by atoms with E-state index in [-0.39, 0.29) is 11.9 Å². The Morgan fingerprint density at radius 1 is 1.08 bits per heavy atom. The molecule has 0 aliphatic carbocycles. The summed E-state index contributed by atoms with van der Waals surface area (Å²) in [5.41, 5.74) is 0.941. The molecule has 2 aromatic rings.